The highest BCUT2D eigenvalue weighted by Crippen LogP contribution is 2.61. The van der Waals surface area contributed by atoms with Gasteiger partial charge in [-0.05, 0) is 71.0 Å². The zero-order valence-electron chi connectivity index (χ0n) is 19.3. The lowest BCUT2D eigenvalue weighted by atomic mass is 9.56. The molecular weight excluding hydrogens is 406 g/mol. The highest BCUT2D eigenvalue weighted by molar-refractivity contribution is 5.21. The number of nitro groups is 1. The highest BCUT2D eigenvalue weighted by atomic mass is 16.7. The quantitative estimate of drug-likeness (QED) is 0.269. The van der Waals surface area contributed by atoms with Gasteiger partial charge < -0.3 is 14.4 Å². The number of hydrogen-bond donors (Lipinski definition) is 0. The Kier molecular flexibility index (Phi) is 6.45. The minimum atomic E-state index is -0.770. The summed E-state index contributed by atoms with van der Waals surface area (Å²) < 4.78 is 12.6. The maximum absolute atomic E-state index is 12.5. The van der Waals surface area contributed by atoms with Gasteiger partial charge in [-0.1, -0.05) is 18.2 Å². The van der Waals surface area contributed by atoms with Crippen molar-refractivity contribution < 1.29 is 14.4 Å². The molecule has 1 aliphatic carbocycles. The SMILES string of the molecule is C=CCCCCN1CC[C@H]2C3(C[C@@H]([N+](=O)[O-])[C@@H]4N5CCCC/C=C\[C@H]5C[C@@]42C1)OCCO3. The van der Waals surface area contributed by atoms with E-state index in [0.717, 1.165) is 77.5 Å². The van der Waals surface area contributed by atoms with Crippen molar-refractivity contribution >= 4 is 0 Å². The zero-order chi connectivity index (χ0) is 22.2. The fourth-order valence-corrected chi connectivity index (χ4v) is 7.77. The summed E-state index contributed by atoms with van der Waals surface area (Å²) in [5.74, 6) is -0.544. The van der Waals surface area contributed by atoms with Crippen molar-refractivity contribution in [1.29, 1.82) is 0 Å². The molecule has 0 amide bonds. The highest BCUT2D eigenvalue weighted by Gasteiger charge is 2.72. The predicted octanol–water partition coefficient (Wildman–Crippen LogP) is 3.63. The largest absolute Gasteiger partial charge is 0.347 e. The number of ether oxygens (including phenoxy) is 2. The molecule has 0 aromatic carbocycles. The second-order valence-corrected chi connectivity index (χ2v) is 10.6. The summed E-state index contributed by atoms with van der Waals surface area (Å²) in [5.41, 5.74) is -0.156. The maximum atomic E-state index is 12.5. The third-order valence-corrected chi connectivity index (χ3v) is 8.87. The molecule has 0 N–H and O–H groups in total. The lowest BCUT2D eigenvalue weighted by molar-refractivity contribution is -0.550. The van der Waals surface area contributed by atoms with Crippen molar-refractivity contribution in [3.8, 4) is 0 Å². The Morgan fingerprint density at radius 2 is 2.03 bits per heavy atom. The molecule has 4 fully saturated rings. The van der Waals surface area contributed by atoms with Gasteiger partial charge in [0.2, 0.25) is 6.04 Å². The molecule has 32 heavy (non-hydrogen) atoms. The van der Waals surface area contributed by atoms with Crippen LogP contribution in [0.2, 0.25) is 0 Å². The summed E-state index contributed by atoms with van der Waals surface area (Å²) in [6.07, 6.45) is 15.8. The molecule has 5 aliphatic rings. The monoisotopic (exact) mass is 445 g/mol. The van der Waals surface area contributed by atoms with Gasteiger partial charge in [-0.25, -0.2) is 0 Å². The van der Waals surface area contributed by atoms with Gasteiger partial charge in [0.15, 0.2) is 5.79 Å². The molecule has 0 bridgehead atoms. The number of nitrogens with zero attached hydrogens (tertiary/aromatic N) is 3. The molecule has 0 aromatic rings. The summed E-state index contributed by atoms with van der Waals surface area (Å²) >= 11 is 0. The molecule has 0 aromatic heterocycles. The van der Waals surface area contributed by atoms with Gasteiger partial charge in [-0.15, -0.1) is 6.58 Å². The number of likely N-dealkylation sites (tertiary alicyclic amines) is 1. The molecule has 1 saturated carbocycles. The summed E-state index contributed by atoms with van der Waals surface area (Å²) in [4.78, 5) is 17.6. The van der Waals surface area contributed by atoms with E-state index >= 15 is 0 Å². The second-order valence-electron chi connectivity index (χ2n) is 10.6. The topological polar surface area (TPSA) is 68.1 Å². The van der Waals surface area contributed by atoms with Crippen LogP contribution in [0, 0.1) is 21.4 Å². The lowest BCUT2D eigenvalue weighted by Gasteiger charge is -2.58. The summed E-state index contributed by atoms with van der Waals surface area (Å²) in [5, 5.41) is 12.5. The molecule has 3 saturated heterocycles. The van der Waals surface area contributed by atoms with Gasteiger partial charge >= 0.3 is 0 Å². The standard InChI is InChI=1S/C25H39N3O4/c1-2-3-4-8-12-26-14-11-22-24(19-26)17-20-10-7-5-6-9-13-27(20)23(24)21(28(29)30)18-25(22)31-15-16-32-25/h2,7,10,20-23H,1,3-6,8-9,11-19H2/b10-7-/t20-,21+,22+,23-,24-/m0/s1. The van der Waals surface area contributed by atoms with Crippen LogP contribution in [0.25, 0.3) is 0 Å². The normalized spacial score (nSPS) is 40.1. The number of unbranched alkanes of at least 4 members (excludes halogenated alkanes) is 2. The van der Waals surface area contributed by atoms with E-state index < -0.39 is 11.8 Å². The fraction of sp³-hybridized carbons (Fsp3) is 0.840. The van der Waals surface area contributed by atoms with Crippen LogP contribution >= 0.6 is 0 Å². The van der Waals surface area contributed by atoms with Crippen LogP contribution in [0.15, 0.2) is 24.8 Å². The van der Waals surface area contributed by atoms with E-state index in [9.17, 15) is 10.1 Å². The molecule has 7 nitrogen and oxygen atoms in total. The number of rotatable bonds is 6. The lowest BCUT2D eigenvalue weighted by Crippen LogP contribution is -2.70. The van der Waals surface area contributed by atoms with Crippen LogP contribution in [-0.4, -0.2) is 78.0 Å². The van der Waals surface area contributed by atoms with Crippen molar-refractivity contribution in [3.63, 3.8) is 0 Å². The van der Waals surface area contributed by atoms with E-state index in [1.54, 1.807) is 0 Å². The first-order chi connectivity index (χ1) is 15.6. The van der Waals surface area contributed by atoms with Crippen LogP contribution in [0.5, 0.6) is 0 Å². The van der Waals surface area contributed by atoms with E-state index in [4.69, 9.17) is 9.47 Å². The van der Waals surface area contributed by atoms with E-state index in [0.29, 0.717) is 25.7 Å². The van der Waals surface area contributed by atoms with E-state index in [-0.39, 0.29) is 22.3 Å². The molecule has 4 aliphatic heterocycles. The Labute approximate surface area is 191 Å². The molecular formula is C25H39N3O4. The van der Waals surface area contributed by atoms with Crippen molar-refractivity contribution in [1.82, 2.24) is 9.80 Å². The van der Waals surface area contributed by atoms with Gasteiger partial charge in [-0.3, -0.25) is 15.0 Å². The third-order valence-electron chi connectivity index (χ3n) is 8.87. The average Bonchev–Trinajstić information content (AvgIpc) is 3.34. The molecule has 0 radical (unpaired) electrons. The van der Waals surface area contributed by atoms with Gasteiger partial charge in [0, 0.05) is 28.8 Å². The first kappa shape index (κ1) is 22.5. The Hall–Kier alpha value is -1.28. The van der Waals surface area contributed by atoms with Crippen LogP contribution in [0.4, 0.5) is 0 Å². The molecule has 0 unspecified atom stereocenters. The number of fused-ring (bicyclic) bond motifs is 3. The second kappa shape index (κ2) is 9.16. The first-order valence-corrected chi connectivity index (χ1v) is 12.8. The van der Waals surface area contributed by atoms with Crippen LogP contribution < -0.4 is 0 Å². The first-order valence-electron chi connectivity index (χ1n) is 12.8. The maximum Gasteiger partial charge on any atom is 0.234 e. The Morgan fingerprint density at radius 1 is 1.19 bits per heavy atom. The van der Waals surface area contributed by atoms with E-state index in [1.165, 1.54) is 0 Å². The third kappa shape index (κ3) is 3.75. The number of allylic oxidation sites excluding steroid dienone is 2. The van der Waals surface area contributed by atoms with E-state index in [1.807, 2.05) is 6.08 Å². The number of hydrogen-bond acceptors (Lipinski definition) is 6. The van der Waals surface area contributed by atoms with Crippen LogP contribution in [-0.2, 0) is 9.47 Å². The fourth-order valence-electron chi connectivity index (χ4n) is 7.77. The van der Waals surface area contributed by atoms with Crippen molar-refractivity contribution in [2.24, 2.45) is 11.3 Å². The molecule has 178 valence electrons. The van der Waals surface area contributed by atoms with Crippen molar-refractivity contribution in [2.45, 2.75) is 81.7 Å². The average molecular weight is 446 g/mol. The molecule has 5 atom stereocenters. The summed E-state index contributed by atoms with van der Waals surface area (Å²) in [6.45, 7) is 8.94. The number of piperidine rings is 1. The van der Waals surface area contributed by atoms with Crippen molar-refractivity contribution in [2.75, 3.05) is 39.4 Å². The summed E-state index contributed by atoms with van der Waals surface area (Å²) in [7, 11) is 0. The van der Waals surface area contributed by atoms with Gasteiger partial charge in [-0.2, -0.15) is 0 Å². The Morgan fingerprint density at radius 3 is 2.81 bits per heavy atom. The molecule has 4 heterocycles. The van der Waals surface area contributed by atoms with Crippen molar-refractivity contribution in [3.05, 3.63) is 34.9 Å². The predicted molar refractivity (Wildman–Crippen MR) is 123 cm³/mol. The zero-order valence-corrected chi connectivity index (χ0v) is 19.3. The van der Waals surface area contributed by atoms with E-state index in [2.05, 4.69) is 28.5 Å². The smallest absolute Gasteiger partial charge is 0.234 e. The minimum absolute atomic E-state index is 0.0106. The van der Waals surface area contributed by atoms with Crippen LogP contribution in [0.3, 0.4) is 0 Å². The van der Waals surface area contributed by atoms with Gasteiger partial charge in [0.05, 0.1) is 25.7 Å². The Bertz CT molecular complexity index is 737. The minimum Gasteiger partial charge on any atom is -0.347 e. The van der Waals surface area contributed by atoms with Gasteiger partial charge in [0.25, 0.3) is 0 Å². The molecule has 2 spiro atoms. The van der Waals surface area contributed by atoms with Crippen LogP contribution in [0.1, 0.15) is 57.8 Å². The molecule has 7 heteroatoms. The van der Waals surface area contributed by atoms with Gasteiger partial charge in [0.1, 0.15) is 0 Å². The summed E-state index contributed by atoms with van der Waals surface area (Å²) in [6, 6.07) is -0.380. The molecule has 5 rings (SSSR count). The Balaban J connectivity index is 1.51.